The summed E-state index contributed by atoms with van der Waals surface area (Å²) in [4.78, 5) is 27.3. The van der Waals surface area contributed by atoms with Crippen LogP contribution in [0.5, 0.6) is 0 Å². The van der Waals surface area contributed by atoms with E-state index < -0.39 is 0 Å². The van der Waals surface area contributed by atoms with Gasteiger partial charge in [-0.2, -0.15) is 0 Å². The van der Waals surface area contributed by atoms with Crippen LogP contribution >= 0.6 is 11.6 Å². The molecule has 2 heterocycles. The van der Waals surface area contributed by atoms with E-state index in [4.69, 9.17) is 21.6 Å². The number of carbonyl (C=O) groups excluding carboxylic acids is 1. The maximum Gasteiger partial charge on any atom is 0.225 e. The largest absolute Gasteiger partial charge is 0.338 e. The molecule has 1 atom stereocenters. The van der Waals surface area contributed by atoms with Gasteiger partial charge in [-0.15, -0.1) is 0 Å². The van der Waals surface area contributed by atoms with Crippen LogP contribution in [-0.2, 0) is 13.0 Å². The molecule has 0 N–H and O–H groups in total. The van der Waals surface area contributed by atoms with Gasteiger partial charge in [0.2, 0.25) is 5.95 Å². The standard InChI is InChI=1S/C26H27ClN4O/c1-18-25-23(15-21(16-24(25)32)20-7-9-22(27)10-8-20)29-26(28-18)31-13-11-30(12-14-31)17-19-5-3-2-4-6-19/h2-10,21H,11-17H2,1H3. The van der Waals surface area contributed by atoms with Crippen LogP contribution in [0.1, 0.15) is 45.2 Å². The zero-order valence-corrected chi connectivity index (χ0v) is 19.1. The maximum absolute atomic E-state index is 12.9. The molecule has 6 heteroatoms. The summed E-state index contributed by atoms with van der Waals surface area (Å²) in [6.45, 7) is 6.63. The van der Waals surface area contributed by atoms with Gasteiger partial charge in [0.05, 0.1) is 17.0 Å². The van der Waals surface area contributed by atoms with Gasteiger partial charge in [0.15, 0.2) is 5.78 Å². The molecular formula is C26H27ClN4O. The van der Waals surface area contributed by atoms with Gasteiger partial charge in [0.1, 0.15) is 0 Å². The Bertz CT molecular complexity index is 1110. The van der Waals surface area contributed by atoms with E-state index in [0.717, 1.165) is 67.6 Å². The minimum absolute atomic E-state index is 0.136. The molecule has 5 nitrogen and oxygen atoms in total. The molecule has 164 valence electrons. The van der Waals surface area contributed by atoms with E-state index in [2.05, 4.69) is 40.1 Å². The molecule has 0 radical (unpaired) electrons. The number of aryl methyl sites for hydroxylation is 1. The quantitative estimate of drug-likeness (QED) is 0.582. The van der Waals surface area contributed by atoms with Crippen molar-refractivity contribution in [1.82, 2.24) is 14.9 Å². The Morgan fingerprint density at radius 2 is 1.66 bits per heavy atom. The summed E-state index contributed by atoms with van der Waals surface area (Å²) < 4.78 is 0. The molecule has 1 aliphatic carbocycles. The first kappa shape index (κ1) is 21.1. The summed E-state index contributed by atoms with van der Waals surface area (Å²) in [6.07, 6.45) is 1.25. The normalized spacial score (nSPS) is 19.1. The molecule has 1 aliphatic heterocycles. The molecule has 2 aliphatic rings. The number of fused-ring (bicyclic) bond motifs is 1. The van der Waals surface area contributed by atoms with E-state index in [-0.39, 0.29) is 11.7 Å². The number of carbonyl (C=O) groups is 1. The predicted molar refractivity (Wildman–Crippen MR) is 128 cm³/mol. The van der Waals surface area contributed by atoms with Gasteiger partial charge in [-0.25, -0.2) is 9.97 Å². The molecule has 1 unspecified atom stereocenters. The van der Waals surface area contributed by atoms with Gasteiger partial charge in [-0.1, -0.05) is 54.1 Å². The van der Waals surface area contributed by atoms with Crippen molar-refractivity contribution in [2.75, 3.05) is 31.1 Å². The lowest BCUT2D eigenvalue weighted by atomic mass is 9.81. The molecule has 1 aromatic heterocycles. The lowest BCUT2D eigenvalue weighted by Crippen LogP contribution is -2.46. The fraction of sp³-hybridized carbons (Fsp3) is 0.346. The molecule has 32 heavy (non-hydrogen) atoms. The second-order valence-corrected chi connectivity index (χ2v) is 9.20. The molecule has 0 amide bonds. The Balaban J connectivity index is 1.31. The van der Waals surface area contributed by atoms with Crippen molar-refractivity contribution in [2.45, 2.75) is 32.2 Å². The number of halogens is 1. The fourth-order valence-corrected chi connectivity index (χ4v) is 4.94. The Morgan fingerprint density at radius 1 is 0.938 bits per heavy atom. The first-order chi connectivity index (χ1) is 15.6. The van der Waals surface area contributed by atoms with E-state index in [9.17, 15) is 4.79 Å². The number of anilines is 1. The van der Waals surface area contributed by atoms with Crippen LogP contribution in [0.4, 0.5) is 5.95 Å². The SMILES string of the molecule is Cc1nc(N2CCN(Cc3ccccc3)CC2)nc2c1C(=O)CC(c1ccc(Cl)cc1)C2. The van der Waals surface area contributed by atoms with Crippen LogP contribution in [0.2, 0.25) is 5.02 Å². The second-order valence-electron chi connectivity index (χ2n) is 8.76. The summed E-state index contributed by atoms with van der Waals surface area (Å²) >= 11 is 6.05. The smallest absolute Gasteiger partial charge is 0.225 e. The number of hydrogen-bond donors (Lipinski definition) is 0. The molecule has 2 aromatic carbocycles. The first-order valence-corrected chi connectivity index (χ1v) is 11.6. The van der Waals surface area contributed by atoms with Crippen LogP contribution in [0.15, 0.2) is 54.6 Å². The van der Waals surface area contributed by atoms with Gasteiger partial charge in [-0.05, 0) is 42.5 Å². The number of hydrogen-bond acceptors (Lipinski definition) is 5. The van der Waals surface area contributed by atoms with Crippen LogP contribution < -0.4 is 4.90 Å². The van der Waals surface area contributed by atoms with Crippen molar-refractivity contribution < 1.29 is 4.79 Å². The van der Waals surface area contributed by atoms with Gasteiger partial charge >= 0.3 is 0 Å². The predicted octanol–water partition coefficient (Wildman–Crippen LogP) is 4.67. The molecule has 5 rings (SSSR count). The van der Waals surface area contributed by atoms with E-state index >= 15 is 0 Å². The molecule has 3 aromatic rings. The van der Waals surface area contributed by atoms with E-state index in [1.54, 1.807) is 0 Å². The molecule has 0 saturated carbocycles. The van der Waals surface area contributed by atoms with Crippen molar-refractivity contribution in [3.63, 3.8) is 0 Å². The molecule has 1 fully saturated rings. The molecular weight excluding hydrogens is 420 g/mol. The maximum atomic E-state index is 12.9. The van der Waals surface area contributed by atoms with Gasteiger partial charge in [0, 0.05) is 44.2 Å². The fourth-order valence-electron chi connectivity index (χ4n) is 4.82. The third-order valence-electron chi connectivity index (χ3n) is 6.55. The second kappa shape index (κ2) is 9.00. The third kappa shape index (κ3) is 4.41. The van der Waals surface area contributed by atoms with Crippen LogP contribution in [-0.4, -0.2) is 46.8 Å². The van der Waals surface area contributed by atoms with Crippen molar-refractivity contribution in [3.8, 4) is 0 Å². The highest BCUT2D eigenvalue weighted by Crippen LogP contribution is 2.34. The highest BCUT2D eigenvalue weighted by atomic mass is 35.5. The average Bonchev–Trinajstić information content (AvgIpc) is 2.80. The summed E-state index contributed by atoms with van der Waals surface area (Å²) in [5.74, 6) is 1.03. The minimum atomic E-state index is 0.136. The van der Waals surface area contributed by atoms with Crippen molar-refractivity contribution in [2.24, 2.45) is 0 Å². The molecule has 0 bridgehead atoms. The number of piperazine rings is 1. The highest BCUT2D eigenvalue weighted by molar-refractivity contribution is 6.30. The number of Topliss-reactive ketones (excluding diaryl/α,β-unsaturated/α-hetero) is 1. The van der Waals surface area contributed by atoms with Crippen molar-refractivity contribution >= 4 is 23.3 Å². The molecule has 1 saturated heterocycles. The minimum Gasteiger partial charge on any atom is -0.338 e. The van der Waals surface area contributed by atoms with E-state index in [1.165, 1.54) is 5.56 Å². The Kier molecular flexibility index (Phi) is 5.94. The summed E-state index contributed by atoms with van der Waals surface area (Å²) in [5, 5.41) is 0.711. The lowest BCUT2D eigenvalue weighted by molar-refractivity contribution is 0.0962. The van der Waals surface area contributed by atoms with Crippen molar-refractivity contribution in [3.05, 3.63) is 87.7 Å². The van der Waals surface area contributed by atoms with Crippen LogP contribution in [0.3, 0.4) is 0 Å². The number of benzene rings is 2. The van der Waals surface area contributed by atoms with Gasteiger partial charge in [0.25, 0.3) is 0 Å². The average molecular weight is 447 g/mol. The van der Waals surface area contributed by atoms with E-state index in [1.807, 2.05) is 31.2 Å². The molecule has 0 spiro atoms. The number of ketones is 1. The van der Waals surface area contributed by atoms with Gasteiger partial charge < -0.3 is 4.90 Å². The van der Waals surface area contributed by atoms with Crippen LogP contribution in [0.25, 0.3) is 0 Å². The summed E-state index contributed by atoms with van der Waals surface area (Å²) in [7, 11) is 0. The number of aromatic nitrogens is 2. The lowest BCUT2D eigenvalue weighted by Gasteiger charge is -2.35. The topological polar surface area (TPSA) is 49.3 Å². The third-order valence-corrected chi connectivity index (χ3v) is 6.80. The summed E-state index contributed by atoms with van der Waals surface area (Å²) in [5.41, 5.74) is 4.89. The Labute approximate surface area is 194 Å². The monoisotopic (exact) mass is 446 g/mol. The summed E-state index contributed by atoms with van der Waals surface area (Å²) in [6, 6.07) is 18.4. The number of nitrogens with zero attached hydrogens (tertiary/aromatic N) is 4. The highest BCUT2D eigenvalue weighted by Gasteiger charge is 2.31. The van der Waals surface area contributed by atoms with Gasteiger partial charge in [-0.3, -0.25) is 9.69 Å². The van der Waals surface area contributed by atoms with E-state index in [0.29, 0.717) is 11.4 Å². The Morgan fingerprint density at radius 3 is 2.38 bits per heavy atom. The van der Waals surface area contributed by atoms with Crippen LogP contribution in [0, 0.1) is 6.92 Å². The Hall–Kier alpha value is -2.76. The van der Waals surface area contributed by atoms with Crippen molar-refractivity contribution in [1.29, 1.82) is 0 Å². The zero-order valence-electron chi connectivity index (χ0n) is 18.3. The first-order valence-electron chi connectivity index (χ1n) is 11.2. The zero-order chi connectivity index (χ0) is 22.1. The number of rotatable bonds is 4.